The third kappa shape index (κ3) is 5.13. The minimum atomic E-state index is 0.452. The Kier molecular flexibility index (Phi) is 7.51. The highest BCUT2D eigenvalue weighted by atomic mass is 16.5. The summed E-state index contributed by atoms with van der Waals surface area (Å²) in [6, 6.07) is 11.7. The van der Waals surface area contributed by atoms with Crippen molar-refractivity contribution in [3.05, 3.63) is 71.2 Å². The van der Waals surface area contributed by atoms with Gasteiger partial charge in [-0.1, -0.05) is 37.6 Å². The van der Waals surface area contributed by atoms with Crippen LogP contribution in [0.15, 0.2) is 49.0 Å². The maximum absolute atomic E-state index is 8.94. The Balaban J connectivity index is 0.00000139. The summed E-state index contributed by atoms with van der Waals surface area (Å²) in [6.45, 7) is 12.5. The molecule has 0 aliphatic heterocycles. The van der Waals surface area contributed by atoms with Crippen LogP contribution in [0.4, 0.5) is 5.82 Å². The zero-order valence-electron chi connectivity index (χ0n) is 15.1. The number of aromatic nitrogens is 1. The van der Waals surface area contributed by atoms with Crippen LogP contribution in [0, 0.1) is 25.2 Å². The van der Waals surface area contributed by atoms with Crippen LogP contribution < -0.4 is 4.90 Å². The minimum absolute atomic E-state index is 0.452. The molecule has 4 heteroatoms. The lowest BCUT2D eigenvalue weighted by atomic mass is 10.1. The van der Waals surface area contributed by atoms with Gasteiger partial charge in [-0.05, 0) is 43.7 Å². The van der Waals surface area contributed by atoms with Crippen LogP contribution in [0.1, 0.15) is 36.1 Å². The van der Waals surface area contributed by atoms with Crippen molar-refractivity contribution in [2.45, 2.75) is 34.3 Å². The lowest BCUT2D eigenvalue weighted by Crippen LogP contribution is -2.19. The second kappa shape index (κ2) is 9.36. The lowest BCUT2D eigenvalue weighted by Gasteiger charge is -2.21. The summed E-state index contributed by atoms with van der Waals surface area (Å²) in [7, 11) is 1.81. The Morgan fingerprint density at radius 1 is 1.25 bits per heavy atom. The first-order valence-electron chi connectivity index (χ1n) is 7.99. The van der Waals surface area contributed by atoms with Gasteiger partial charge in [0.15, 0.2) is 5.88 Å². The third-order valence-corrected chi connectivity index (χ3v) is 3.48. The highest BCUT2D eigenvalue weighted by molar-refractivity contribution is 5.47. The maximum atomic E-state index is 8.94. The quantitative estimate of drug-likeness (QED) is 0.747. The molecule has 0 N–H and O–H groups in total. The molecule has 0 amide bonds. The Hall–Kier alpha value is -2.80. The third-order valence-electron chi connectivity index (χ3n) is 3.48. The van der Waals surface area contributed by atoms with Crippen LogP contribution in [0.5, 0.6) is 0 Å². The van der Waals surface area contributed by atoms with Crippen LogP contribution in [-0.4, -0.2) is 12.0 Å². The normalized spacial score (nSPS) is 9.33. The van der Waals surface area contributed by atoms with Crippen molar-refractivity contribution in [3.8, 4) is 6.07 Å². The monoisotopic (exact) mass is 323 g/mol. The fourth-order valence-electron chi connectivity index (χ4n) is 2.06. The summed E-state index contributed by atoms with van der Waals surface area (Å²) in [6.07, 6.45) is 1.60. The van der Waals surface area contributed by atoms with Gasteiger partial charge in [0.25, 0.3) is 0 Å². The number of nitriles is 1. The second-order valence-corrected chi connectivity index (χ2v) is 5.19. The zero-order chi connectivity index (χ0) is 18.1. The van der Waals surface area contributed by atoms with Gasteiger partial charge in [0.1, 0.15) is 12.4 Å². The van der Waals surface area contributed by atoms with E-state index in [0.717, 1.165) is 5.56 Å². The second-order valence-electron chi connectivity index (χ2n) is 5.19. The van der Waals surface area contributed by atoms with Crippen molar-refractivity contribution in [1.82, 2.24) is 4.98 Å². The Bertz CT molecular complexity index is 732. The van der Waals surface area contributed by atoms with Gasteiger partial charge >= 0.3 is 0 Å². The fraction of sp³-hybridized carbons (Fsp3) is 0.300. The molecular weight excluding hydrogens is 298 g/mol. The molecule has 2 rings (SSSR count). The van der Waals surface area contributed by atoms with Crippen molar-refractivity contribution in [1.29, 1.82) is 5.26 Å². The van der Waals surface area contributed by atoms with E-state index in [4.69, 9.17) is 10.00 Å². The van der Waals surface area contributed by atoms with Crippen molar-refractivity contribution >= 4 is 5.82 Å². The van der Waals surface area contributed by atoms with Crippen molar-refractivity contribution < 1.29 is 4.74 Å². The van der Waals surface area contributed by atoms with Crippen LogP contribution >= 0.6 is 0 Å². The predicted molar refractivity (Wildman–Crippen MR) is 98.5 cm³/mol. The summed E-state index contributed by atoms with van der Waals surface area (Å²) in [5.41, 5.74) is 4.10. The molecular formula is C20H25N3O. The molecule has 1 heterocycles. The van der Waals surface area contributed by atoms with E-state index >= 15 is 0 Å². The van der Waals surface area contributed by atoms with Gasteiger partial charge in [0, 0.05) is 13.2 Å². The summed E-state index contributed by atoms with van der Waals surface area (Å²) in [4.78, 5) is 5.95. The predicted octanol–water partition coefficient (Wildman–Crippen LogP) is 4.72. The number of rotatable bonds is 5. The lowest BCUT2D eigenvalue weighted by molar-refractivity contribution is 0.194. The minimum Gasteiger partial charge on any atom is -0.474 e. The molecule has 0 radical (unpaired) electrons. The molecule has 0 saturated heterocycles. The average molecular weight is 323 g/mol. The number of hydrogen-bond acceptors (Lipinski definition) is 4. The number of pyridine rings is 1. The van der Waals surface area contributed by atoms with Gasteiger partial charge in [-0.15, -0.1) is 0 Å². The first-order chi connectivity index (χ1) is 11.5. The van der Waals surface area contributed by atoms with Crippen molar-refractivity contribution in [2.75, 3.05) is 11.9 Å². The molecule has 0 aliphatic rings. The summed E-state index contributed by atoms with van der Waals surface area (Å²) < 4.78 is 5.75. The molecule has 2 aromatic rings. The van der Waals surface area contributed by atoms with Gasteiger partial charge in [0.05, 0.1) is 11.6 Å². The van der Waals surface area contributed by atoms with E-state index in [2.05, 4.69) is 49.7 Å². The van der Waals surface area contributed by atoms with Gasteiger partial charge in [0.2, 0.25) is 0 Å². The largest absolute Gasteiger partial charge is 0.474 e. The van der Waals surface area contributed by atoms with Crippen molar-refractivity contribution in [2.24, 2.45) is 0 Å². The molecule has 0 unspecified atom stereocenters. The smallest absolute Gasteiger partial charge is 0.187 e. The summed E-state index contributed by atoms with van der Waals surface area (Å²) in [5, 5.41) is 8.94. The Labute approximate surface area is 145 Å². The molecule has 0 bridgehead atoms. The standard InChI is InChI=1S/C18H19N3O.C2H6/c1-13-5-6-17(14(2)9-13)12-22-15(3)21(4)18-10-16(11-19)7-8-20-18;1-2/h5-10H,3,12H2,1-2,4H3;1-2H3. The van der Waals surface area contributed by atoms with Crippen LogP contribution in [-0.2, 0) is 11.3 Å². The topological polar surface area (TPSA) is 49.1 Å². The summed E-state index contributed by atoms with van der Waals surface area (Å²) in [5.74, 6) is 1.12. The van der Waals surface area contributed by atoms with E-state index in [-0.39, 0.29) is 0 Å². The average Bonchev–Trinajstić information content (AvgIpc) is 2.61. The molecule has 1 aromatic carbocycles. The molecule has 4 nitrogen and oxygen atoms in total. The maximum Gasteiger partial charge on any atom is 0.187 e. The first kappa shape index (κ1) is 19.2. The number of anilines is 1. The fourth-order valence-corrected chi connectivity index (χ4v) is 2.06. The van der Waals surface area contributed by atoms with Crippen LogP contribution in [0.2, 0.25) is 0 Å². The van der Waals surface area contributed by atoms with Crippen LogP contribution in [0.25, 0.3) is 0 Å². The number of hydrogen-bond donors (Lipinski definition) is 0. The molecule has 0 spiro atoms. The van der Waals surface area contributed by atoms with E-state index in [1.807, 2.05) is 20.9 Å². The number of aryl methyl sites for hydroxylation is 2. The SMILES string of the molecule is C=C(OCc1ccc(C)cc1C)N(C)c1cc(C#N)ccn1.CC. The van der Waals surface area contributed by atoms with Crippen LogP contribution in [0.3, 0.4) is 0 Å². The number of benzene rings is 1. The summed E-state index contributed by atoms with van der Waals surface area (Å²) >= 11 is 0. The van der Waals surface area contributed by atoms with E-state index in [1.54, 1.807) is 23.2 Å². The van der Waals surface area contributed by atoms with Gasteiger partial charge in [-0.3, -0.25) is 0 Å². The zero-order valence-corrected chi connectivity index (χ0v) is 15.1. The molecule has 0 atom stereocenters. The van der Waals surface area contributed by atoms with E-state index in [1.165, 1.54) is 11.1 Å². The molecule has 0 fully saturated rings. The van der Waals surface area contributed by atoms with E-state index in [0.29, 0.717) is 23.9 Å². The molecule has 0 saturated carbocycles. The number of ether oxygens (including phenoxy) is 1. The number of nitrogens with zero attached hydrogens (tertiary/aromatic N) is 3. The highest BCUT2D eigenvalue weighted by Crippen LogP contribution is 2.18. The molecule has 24 heavy (non-hydrogen) atoms. The molecule has 126 valence electrons. The Morgan fingerprint density at radius 3 is 2.58 bits per heavy atom. The van der Waals surface area contributed by atoms with Gasteiger partial charge < -0.3 is 9.64 Å². The van der Waals surface area contributed by atoms with Crippen molar-refractivity contribution in [3.63, 3.8) is 0 Å². The highest BCUT2D eigenvalue weighted by Gasteiger charge is 2.09. The first-order valence-corrected chi connectivity index (χ1v) is 7.99. The van der Waals surface area contributed by atoms with Gasteiger partial charge in [-0.25, -0.2) is 4.98 Å². The molecule has 1 aromatic heterocycles. The molecule has 0 aliphatic carbocycles. The van der Waals surface area contributed by atoms with Gasteiger partial charge in [-0.2, -0.15) is 5.26 Å². The van der Waals surface area contributed by atoms with E-state index in [9.17, 15) is 0 Å². The Morgan fingerprint density at radius 2 is 1.96 bits per heavy atom. The van der Waals surface area contributed by atoms with E-state index < -0.39 is 0 Å².